The lowest BCUT2D eigenvalue weighted by Crippen LogP contribution is -1.97. The van der Waals surface area contributed by atoms with Crippen molar-refractivity contribution in [2.24, 2.45) is 0 Å². The summed E-state index contributed by atoms with van der Waals surface area (Å²) in [5.41, 5.74) is 15.3. The van der Waals surface area contributed by atoms with Gasteiger partial charge in [0.05, 0.1) is 71.9 Å². The Kier molecular flexibility index (Phi) is 5.62. The van der Waals surface area contributed by atoms with Crippen molar-refractivity contribution in [2.75, 3.05) is 0 Å². The lowest BCUT2D eigenvalue weighted by Gasteiger charge is -2.10. The molecule has 0 atom stereocenters. The van der Waals surface area contributed by atoms with Crippen LogP contribution in [0, 0.1) is 0 Å². The lowest BCUT2D eigenvalue weighted by molar-refractivity contribution is 0.666. The maximum atomic E-state index is 6.95. The highest BCUT2D eigenvalue weighted by molar-refractivity contribution is 6.13. The summed E-state index contributed by atoms with van der Waals surface area (Å²) in [6.45, 7) is 0. The quantitative estimate of drug-likeness (QED) is 0.181. The molecular weight excluding hydrogens is 715 g/mol. The molecule has 270 valence electrons. The molecule has 0 fully saturated rings. The van der Waals surface area contributed by atoms with E-state index < -0.39 is 0 Å². The first-order valence-electron chi connectivity index (χ1n) is 19.5. The van der Waals surface area contributed by atoms with E-state index in [0.717, 1.165) is 94.7 Å². The third-order valence-corrected chi connectivity index (χ3v) is 12.1. The molecule has 8 heteroatoms. The maximum Gasteiger partial charge on any atom is 0.220 e. The highest BCUT2D eigenvalue weighted by Gasteiger charge is 2.25. The first-order valence-corrected chi connectivity index (χ1v) is 19.5. The van der Waals surface area contributed by atoms with Crippen molar-refractivity contribution in [2.45, 2.75) is 0 Å². The number of fused-ring (bicyclic) bond motifs is 16. The average Bonchev–Trinajstić information content (AvgIpc) is 4.11. The number of rotatable bonds is 3. The van der Waals surface area contributed by atoms with Gasteiger partial charge in [-0.25, -0.2) is 9.97 Å². The molecule has 0 saturated heterocycles. The summed E-state index contributed by atoms with van der Waals surface area (Å²) < 4.78 is 18.4. The zero-order chi connectivity index (χ0) is 37.6. The second-order valence-electron chi connectivity index (χ2n) is 15.1. The summed E-state index contributed by atoms with van der Waals surface area (Å²) in [6, 6.07) is 62.1. The highest BCUT2D eigenvalue weighted by atomic mass is 16.3. The van der Waals surface area contributed by atoms with Gasteiger partial charge in [-0.05, 0) is 84.9 Å². The normalized spacial score (nSPS) is 12.5. The lowest BCUT2D eigenvalue weighted by atomic mass is 10.1. The van der Waals surface area contributed by atoms with Gasteiger partial charge in [0.1, 0.15) is 5.58 Å². The van der Waals surface area contributed by atoms with E-state index >= 15 is 0 Å². The molecule has 0 unspecified atom stereocenters. The molecule has 0 bridgehead atoms. The van der Waals surface area contributed by atoms with Gasteiger partial charge in [0.25, 0.3) is 0 Å². The van der Waals surface area contributed by atoms with Crippen molar-refractivity contribution in [3.05, 3.63) is 176 Å². The predicted octanol–water partition coefficient (Wildman–Crippen LogP) is 12.2. The summed E-state index contributed by atoms with van der Waals surface area (Å²) in [5.74, 6) is 1.69. The van der Waals surface area contributed by atoms with Gasteiger partial charge >= 0.3 is 0 Å². The summed E-state index contributed by atoms with van der Waals surface area (Å²) in [5, 5.41) is 4.52. The van der Waals surface area contributed by atoms with Gasteiger partial charge in [0.15, 0.2) is 5.58 Å². The van der Waals surface area contributed by atoms with Crippen molar-refractivity contribution in [3.63, 3.8) is 0 Å². The summed E-state index contributed by atoms with van der Waals surface area (Å²) in [7, 11) is 0. The monoisotopic (exact) mass is 743 g/mol. The van der Waals surface area contributed by atoms with Crippen molar-refractivity contribution >= 4 is 99.4 Å². The van der Waals surface area contributed by atoms with Gasteiger partial charge < -0.3 is 8.98 Å². The minimum absolute atomic E-state index is 0.801. The van der Waals surface area contributed by atoms with E-state index in [1.807, 2.05) is 6.07 Å². The fourth-order valence-electron chi connectivity index (χ4n) is 9.73. The molecule has 0 aliphatic rings. The van der Waals surface area contributed by atoms with E-state index in [-0.39, 0.29) is 0 Å². The van der Waals surface area contributed by atoms with E-state index in [1.54, 1.807) is 0 Å². The molecule has 14 aromatic rings. The van der Waals surface area contributed by atoms with Gasteiger partial charge in [0.2, 0.25) is 11.6 Å². The molecule has 0 aliphatic heterocycles. The maximum absolute atomic E-state index is 6.95. The fourth-order valence-corrected chi connectivity index (χ4v) is 9.73. The van der Waals surface area contributed by atoms with Crippen LogP contribution in [0.4, 0.5) is 0 Å². The molecule has 6 heterocycles. The van der Waals surface area contributed by atoms with Crippen LogP contribution in [0.5, 0.6) is 0 Å². The number of benzene rings is 8. The minimum Gasteiger partial charge on any atom is -0.454 e. The molecule has 0 radical (unpaired) electrons. The largest absolute Gasteiger partial charge is 0.454 e. The Hall–Kier alpha value is -8.10. The van der Waals surface area contributed by atoms with Gasteiger partial charge in [-0.3, -0.25) is 17.9 Å². The number of nitrogens with zero attached hydrogens (tertiary/aromatic N) is 7. The van der Waals surface area contributed by atoms with E-state index in [0.29, 0.717) is 0 Å². The van der Waals surface area contributed by atoms with Gasteiger partial charge in [0, 0.05) is 21.8 Å². The van der Waals surface area contributed by atoms with E-state index in [1.165, 1.54) is 21.8 Å². The third kappa shape index (κ3) is 3.74. The molecule has 14 rings (SSSR count). The molecule has 0 N–H and O–H groups in total. The number of aromatic nitrogens is 7. The van der Waals surface area contributed by atoms with Crippen LogP contribution < -0.4 is 0 Å². The summed E-state index contributed by atoms with van der Waals surface area (Å²) >= 11 is 0. The molecule has 0 saturated carbocycles. The van der Waals surface area contributed by atoms with Crippen LogP contribution in [-0.2, 0) is 0 Å². The van der Waals surface area contributed by atoms with Crippen LogP contribution >= 0.6 is 0 Å². The van der Waals surface area contributed by atoms with Gasteiger partial charge in [-0.1, -0.05) is 91.0 Å². The van der Waals surface area contributed by atoms with Crippen molar-refractivity contribution in [1.82, 2.24) is 32.5 Å². The minimum atomic E-state index is 0.801. The van der Waals surface area contributed by atoms with Gasteiger partial charge in [-0.15, -0.1) is 0 Å². The first-order chi connectivity index (χ1) is 28.8. The molecular formula is C50H29N7O. The number of furan rings is 1. The standard InChI is InChI=1S/C50H29N7O/c1-5-18-36-31(13-1)32-14-2-6-19-37(32)53(36)30-27-28-42-45(29-30)55-39-21-8-4-17-35(39)52-50(55)56(42)43-24-12-26-46-47(43)33-15-11-25-44(48(33)58-46)57-41-23-10-9-22-40(41)54-38-20-7-3-16-34(38)51-49(54)57/h1-29H. The molecule has 58 heavy (non-hydrogen) atoms. The van der Waals surface area contributed by atoms with E-state index in [4.69, 9.17) is 14.4 Å². The SMILES string of the molecule is c1ccc2c(c1)nc1n(-c3cccc4c3oc3cccc(-n5c6ccc(-n7c8ccccc8c8ccccc87)cc6n6c7ccccc7nc56)c34)c3ccccc3n21. The number of para-hydroxylation sites is 9. The smallest absolute Gasteiger partial charge is 0.220 e. The van der Waals surface area contributed by atoms with Crippen LogP contribution in [0.2, 0.25) is 0 Å². The number of hydrogen-bond donors (Lipinski definition) is 0. The number of hydrogen-bond acceptors (Lipinski definition) is 3. The number of imidazole rings is 4. The van der Waals surface area contributed by atoms with Crippen LogP contribution in [0.3, 0.4) is 0 Å². The van der Waals surface area contributed by atoms with Crippen LogP contribution in [0.1, 0.15) is 0 Å². The molecule has 6 aromatic heterocycles. The Morgan fingerprint density at radius 2 is 0.879 bits per heavy atom. The Morgan fingerprint density at radius 3 is 1.59 bits per heavy atom. The third-order valence-electron chi connectivity index (χ3n) is 12.1. The first kappa shape index (κ1) is 30.2. The van der Waals surface area contributed by atoms with Crippen LogP contribution in [-0.4, -0.2) is 32.5 Å². The predicted molar refractivity (Wildman–Crippen MR) is 234 cm³/mol. The molecule has 0 amide bonds. The fraction of sp³-hybridized carbons (Fsp3) is 0. The molecule has 8 nitrogen and oxygen atoms in total. The van der Waals surface area contributed by atoms with Crippen molar-refractivity contribution in [3.8, 4) is 17.1 Å². The molecule has 0 aliphatic carbocycles. The Labute approximate surface area is 328 Å². The topological polar surface area (TPSA) is 62.5 Å². The second-order valence-corrected chi connectivity index (χ2v) is 15.1. The van der Waals surface area contributed by atoms with E-state index in [9.17, 15) is 0 Å². The van der Waals surface area contributed by atoms with E-state index in [2.05, 4.69) is 192 Å². The Bertz CT molecular complexity index is 4000. The van der Waals surface area contributed by atoms with Crippen LogP contribution in [0.25, 0.3) is 116 Å². The average molecular weight is 744 g/mol. The highest BCUT2D eigenvalue weighted by Crippen LogP contribution is 2.41. The van der Waals surface area contributed by atoms with Crippen LogP contribution in [0.15, 0.2) is 180 Å². The summed E-state index contributed by atoms with van der Waals surface area (Å²) in [4.78, 5) is 10.5. The van der Waals surface area contributed by atoms with Crippen molar-refractivity contribution < 1.29 is 4.42 Å². The zero-order valence-corrected chi connectivity index (χ0v) is 30.8. The molecule has 0 spiro atoms. The summed E-state index contributed by atoms with van der Waals surface area (Å²) in [6.07, 6.45) is 0. The Morgan fingerprint density at radius 1 is 0.362 bits per heavy atom. The Balaban J connectivity index is 1.07. The van der Waals surface area contributed by atoms with Gasteiger partial charge in [-0.2, -0.15) is 0 Å². The second kappa shape index (κ2) is 10.8. The molecule has 8 aromatic carbocycles. The van der Waals surface area contributed by atoms with Crippen molar-refractivity contribution in [1.29, 1.82) is 0 Å². The zero-order valence-electron chi connectivity index (χ0n) is 30.8.